The first kappa shape index (κ1) is 24.3. The number of hydrogen-bond acceptors (Lipinski definition) is 5. The summed E-state index contributed by atoms with van der Waals surface area (Å²) in [4.78, 5) is 35.8. The molecule has 3 aromatic rings. The van der Waals surface area contributed by atoms with E-state index in [0.717, 1.165) is 41.9 Å². The molecule has 0 spiro atoms. The van der Waals surface area contributed by atoms with Gasteiger partial charge in [0.1, 0.15) is 6.04 Å². The van der Waals surface area contributed by atoms with E-state index in [9.17, 15) is 9.59 Å². The molecule has 0 aliphatic carbocycles. The van der Waals surface area contributed by atoms with E-state index >= 15 is 0 Å². The van der Waals surface area contributed by atoms with Crippen LogP contribution in [0.25, 0.3) is 10.1 Å². The fraction of sp³-hybridized carbons (Fsp3) is 0.500. The Morgan fingerprint density at radius 1 is 1.11 bits per heavy atom. The van der Waals surface area contributed by atoms with Crippen LogP contribution < -0.4 is 5.32 Å². The summed E-state index contributed by atoms with van der Waals surface area (Å²) in [6.45, 7) is 4.22. The van der Waals surface area contributed by atoms with Gasteiger partial charge in [-0.3, -0.25) is 9.59 Å². The first-order valence-electron chi connectivity index (χ1n) is 12.4. The fourth-order valence-electron chi connectivity index (χ4n) is 5.45. The Kier molecular flexibility index (Phi) is 7.41. The lowest BCUT2D eigenvalue weighted by Gasteiger charge is -2.40. The van der Waals surface area contributed by atoms with Crippen molar-refractivity contribution in [3.8, 4) is 0 Å². The number of fused-ring (bicyclic) bond motifs is 1. The zero-order chi connectivity index (χ0) is 24.4. The molecular weight excluding hydrogens is 482 g/mol. The molecule has 1 N–H and O–H groups in total. The number of rotatable bonds is 6. The predicted molar refractivity (Wildman–Crippen MR) is 140 cm³/mol. The van der Waals surface area contributed by atoms with Crippen molar-refractivity contribution in [2.45, 2.75) is 38.3 Å². The number of benzene rings is 1. The zero-order valence-electron chi connectivity index (χ0n) is 20.0. The molecule has 2 aromatic heterocycles. The first-order valence-corrected chi connectivity index (χ1v) is 13.6. The van der Waals surface area contributed by atoms with Gasteiger partial charge in [-0.1, -0.05) is 17.7 Å². The van der Waals surface area contributed by atoms with Gasteiger partial charge in [0.25, 0.3) is 5.91 Å². The molecule has 9 heteroatoms. The summed E-state index contributed by atoms with van der Waals surface area (Å²) in [5.41, 5.74) is 0. The van der Waals surface area contributed by atoms with Crippen LogP contribution in [-0.4, -0.2) is 70.4 Å². The molecule has 7 nitrogen and oxygen atoms in total. The molecule has 2 saturated heterocycles. The molecule has 2 aliphatic heterocycles. The highest BCUT2D eigenvalue weighted by atomic mass is 35.5. The predicted octanol–water partition coefficient (Wildman–Crippen LogP) is 4.13. The van der Waals surface area contributed by atoms with Crippen LogP contribution in [-0.2, 0) is 11.3 Å². The van der Waals surface area contributed by atoms with Crippen molar-refractivity contribution < 1.29 is 9.59 Å². The van der Waals surface area contributed by atoms with Gasteiger partial charge in [0.05, 0.1) is 17.7 Å². The first-order chi connectivity index (χ1) is 17.0. The summed E-state index contributed by atoms with van der Waals surface area (Å²) >= 11 is 7.50. The summed E-state index contributed by atoms with van der Waals surface area (Å²) < 4.78 is 2.80. The van der Waals surface area contributed by atoms with Crippen LogP contribution >= 0.6 is 22.9 Å². The average Bonchev–Trinajstić information content (AvgIpc) is 3.53. The van der Waals surface area contributed by atoms with E-state index in [-0.39, 0.29) is 11.8 Å². The number of carbonyl (C=O) groups is 2. The molecule has 1 atom stereocenters. The summed E-state index contributed by atoms with van der Waals surface area (Å²) in [6, 6.07) is 6.80. The van der Waals surface area contributed by atoms with E-state index in [1.54, 1.807) is 12.5 Å². The minimum Gasteiger partial charge on any atom is -0.341 e. The molecule has 2 aliphatic rings. The second-order valence-corrected chi connectivity index (χ2v) is 11.4. The zero-order valence-corrected chi connectivity index (χ0v) is 21.6. The molecule has 2 amide bonds. The van der Waals surface area contributed by atoms with E-state index in [2.05, 4.69) is 22.2 Å². The van der Waals surface area contributed by atoms with E-state index in [0.29, 0.717) is 22.4 Å². The number of nitrogens with one attached hydrogen (secondary N) is 1. The van der Waals surface area contributed by atoms with Crippen molar-refractivity contribution in [1.29, 1.82) is 0 Å². The van der Waals surface area contributed by atoms with Gasteiger partial charge in [-0.15, -0.1) is 11.3 Å². The minimum atomic E-state index is -0.648. The van der Waals surface area contributed by atoms with Gasteiger partial charge in [-0.2, -0.15) is 0 Å². The fourth-order valence-corrected chi connectivity index (χ4v) is 6.69. The van der Waals surface area contributed by atoms with Gasteiger partial charge in [-0.05, 0) is 81.2 Å². The maximum Gasteiger partial charge on any atom is 0.262 e. The monoisotopic (exact) mass is 513 g/mol. The molecule has 2 fully saturated rings. The van der Waals surface area contributed by atoms with Gasteiger partial charge in [0.15, 0.2) is 0 Å². The number of carbonyl (C=O) groups excluding carboxylic acids is 2. The smallest absolute Gasteiger partial charge is 0.262 e. The van der Waals surface area contributed by atoms with E-state index in [1.807, 2.05) is 39.9 Å². The van der Waals surface area contributed by atoms with Crippen LogP contribution in [0.4, 0.5) is 0 Å². The number of piperidine rings is 2. The number of nitrogens with zero attached hydrogens (tertiary/aromatic N) is 4. The highest BCUT2D eigenvalue weighted by Gasteiger charge is 2.33. The maximum atomic E-state index is 13.6. The number of aromatic nitrogens is 2. The van der Waals surface area contributed by atoms with Crippen molar-refractivity contribution in [3.05, 3.63) is 52.9 Å². The molecule has 0 bridgehead atoms. The highest BCUT2D eigenvalue weighted by molar-refractivity contribution is 7.20. The van der Waals surface area contributed by atoms with E-state index < -0.39 is 6.04 Å². The third-order valence-corrected chi connectivity index (χ3v) is 8.87. The second-order valence-electron chi connectivity index (χ2n) is 9.88. The number of likely N-dealkylation sites (tertiary alicyclic amines) is 2. The molecule has 0 radical (unpaired) electrons. The van der Waals surface area contributed by atoms with Gasteiger partial charge < -0.3 is 19.7 Å². The highest BCUT2D eigenvalue weighted by Crippen LogP contribution is 2.32. The van der Waals surface area contributed by atoms with Gasteiger partial charge >= 0.3 is 0 Å². The second kappa shape index (κ2) is 10.7. The Morgan fingerprint density at radius 3 is 2.51 bits per heavy atom. The summed E-state index contributed by atoms with van der Waals surface area (Å²) in [5, 5.41) is 4.63. The quantitative estimate of drug-likeness (QED) is 0.538. The van der Waals surface area contributed by atoms with Crippen molar-refractivity contribution in [2.75, 3.05) is 33.2 Å². The third-order valence-electron chi connectivity index (χ3n) is 7.54. The Bertz CT molecular complexity index is 1160. The lowest BCUT2D eigenvalue weighted by Crippen LogP contribution is -2.52. The number of thiophene rings is 1. The minimum absolute atomic E-state index is 0.0157. The van der Waals surface area contributed by atoms with Crippen LogP contribution in [0.1, 0.15) is 35.4 Å². The summed E-state index contributed by atoms with van der Waals surface area (Å²) in [6.07, 6.45) is 9.79. The molecule has 4 heterocycles. The number of imidazole rings is 1. The van der Waals surface area contributed by atoms with Gasteiger partial charge in [0.2, 0.25) is 5.91 Å². The molecule has 1 aromatic carbocycles. The standard InChI is InChI=1S/C26H32ClN5O2S/c1-30-9-4-18(5-10-30)19-6-11-32(12-7-19)26(34)22(16-31-13-8-28-17-31)29-25(33)24-14-20-2-3-21(27)15-23(20)35-24/h2-3,8,13-15,17-19,22H,4-7,9-12,16H2,1H3,(H,29,33)/t22-/m1/s1. The largest absolute Gasteiger partial charge is 0.341 e. The molecular formula is C26H32ClN5O2S. The van der Waals surface area contributed by atoms with E-state index in [1.165, 1.54) is 37.3 Å². The Balaban J connectivity index is 1.26. The normalized spacial score (nSPS) is 19.2. The molecule has 0 unspecified atom stereocenters. The number of hydrogen-bond donors (Lipinski definition) is 1. The van der Waals surface area contributed by atoms with Crippen LogP contribution in [0, 0.1) is 11.8 Å². The molecule has 35 heavy (non-hydrogen) atoms. The van der Waals surface area contributed by atoms with Crippen LogP contribution in [0.15, 0.2) is 43.0 Å². The average molecular weight is 514 g/mol. The van der Waals surface area contributed by atoms with Gasteiger partial charge in [0, 0.05) is 35.2 Å². The Hall–Kier alpha value is -2.42. The molecule has 5 rings (SSSR count). The summed E-state index contributed by atoms with van der Waals surface area (Å²) in [7, 11) is 2.19. The van der Waals surface area contributed by atoms with Crippen molar-refractivity contribution >= 4 is 44.8 Å². The van der Waals surface area contributed by atoms with Crippen LogP contribution in [0.2, 0.25) is 5.02 Å². The van der Waals surface area contributed by atoms with Crippen molar-refractivity contribution in [1.82, 2.24) is 24.7 Å². The third kappa shape index (κ3) is 5.71. The van der Waals surface area contributed by atoms with Crippen LogP contribution in [0.5, 0.6) is 0 Å². The lowest BCUT2D eigenvalue weighted by atomic mass is 9.79. The van der Waals surface area contributed by atoms with Crippen molar-refractivity contribution in [3.63, 3.8) is 0 Å². The Morgan fingerprint density at radius 2 is 1.83 bits per heavy atom. The van der Waals surface area contributed by atoms with Crippen molar-refractivity contribution in [2.24, 2.45) is 11.8 Å². The molecule has 186 valence electrons. The Labute approximate surface area is 215 Å². The van der Waals surface area contributed by atoms with E-state index in [4.69, 9.17) is 11.6 Å². The SMILES string of the molecule is CN1CCC(C2CCN(C(=O)[C@@H](Cn3ccnc3)NC(=O)c3cc4ccc(Cl)cc4s3)CC2)CC1. The molecule has 0 saturated carbocycles. The van der Waals surface area contributed by atoms with Gasteiger partial charge in [-0.25, -0.2) is 4.98 Å². The number of amides is 2. The summed E-state index contributed by atoms with van der Waals surface area (Å²) in [5.74, 6) is 1.21. The maximum absolute atomic E-state index is 13.6. The number of halogens is 1. The lowest BCUT2D eigenvalue weighted by molar-refractivity contribution is -0.135. The topological polar surface area (TPSA) is 70.5 Å². The van der Waals surface area contributed by atoms with Crippen LogP contribution in [0.3, 0.4) is 0 Å².